The summed E-state index contributed by atoms with van der Waals surface area (Å²) in [5, 5.41) is 12.5. The van der Waals surface area contributed by atoms with Crippen molar-refractivity contribution in [1.29, 1.82) is 0 Å². The number of aryl methyl sites for hydroxylation is 1. The predicted octanol–water partition coefficient (Wildman–Crippen LogP) is 3.84. The first-order valence-electron chi connectivity index (χ1n) is 9.71. The quantitative estimate of drug-likeness (QED) is 0.286. The number of aromatic nitrogens is 6. The van der Waals surface area contributed by atoms with Gasteiger partial charge in [-0.15, -0.1) is 16.8 Å². The molecule has 0 saturated heterocycles. The average Bonchev–Trinajstić information content (AvgIpc) is 3.38. The summed E-state index contributed by atoms with van der Waals surface area (Å²) in [7, 11) is 1.60. The second-order valence-corrected chi connectivity index (χ2v) is 7.59. The molecule has 32 heavy (non-hydrogen) atoms. The number of para-hydroxylation sites is 2. The van der Waals surface area contributed by atoms with Crippen molar-refractivity contribution in [2.75, 3.05) is 18.2 Å². The topological polar surface area (TPSA) is 130 Å². The number of hydrogen-bond donors (Lipinski definition) is 2. The molecule has 0 bridgehead atoms. The lowest BCUT2D eigenvalue weighted by Crippen LogP contribution is -2.07. The van der Waals surface area contributed by atoms with E-state index in [1.807, 2.05) is 41.8 Å². The van der Waals surface area contributed by atoms with Gasteiger partial charge in [-0.05, 0) is 25.1 Å². The van der Waals surface area contributed by atoms with Crippen LogP contribution in [0, 0.1) is 6.92 Å². The van der Waals surface area contributed by atoms with E-state index in [1.165, 1.54) is 11.8 Å². The number of hydrogen-bond acceptors (Lipinski definition) is 10. The van der Waals surface area contributed by atoms with E-state index in [4.69, 9.17) is 14.9 Å². The number of allylic oxidation sites excluding steroid dienone is 1. The molecule has 10 nitrogen and oxygen atoms in total. The van der Waals surface area contributed by atoms with E-state index < -0.39 is 0 Å². The average molecular weight is 451 g/mol. The van der Waals surface area contributed by atoms with Crippen LogP contribution in [0.3, 0.4) is 0 Å². The summed E-state index contributed by atoms with van der Waals surface area (Å²) in [6.45, 7) is 6.28. The Morgan fingerprint density at radius 1 is 1.22 bits per heavy atom. The Hall–Kier alpha value is -3.86. The Kier molecular flexibility index (Phi) is 6.36. The second-order valence-electron chi connectivity index (χ2n) is 6.64. The Morgan fingerprint density at radius 2 is 2.06 bits per heavy atom. The fraction of sp³-hybridized carbons (Fsp3) is 0.190. The summed E-state index contributed by atoms with van der Waals surface area (Å²) in [5.74, 6) is 3.54. The zero-order valence-corrected chi connectivity index (χ0v) is 18.5. The molecule has 0 amide bonds. The molecule has 0 spiro atoms. The Labute approximate surface area is 189 Å². The van der Waals surface area contributed by atoms with Crippen molar-refractivity contribution < 1.29 is 9.15 Å². The van der Waals surface area contributed by atoms with Crippen molar-refractivity contribution >= 4 is 29.3 Å². The van der Waals surface area contributed by atoms with Gasteiger partial charge in [0.05, 0.1) is 30.4 Å². The fourth-order valence-electron chi connectivity index (χ4n) is 3.06. The number of nitrogens with one attached hydrogen (secondary N) is 1. The van der Waals surface area contributed by atoms with Gasteiger partial charge in [0.15, 0.2) is 11.0 Å². The maximum Gasteiger partial charge on any atom is 0.232 e. The van der Waals surface area contributed by atoms with Gasteiger partial charge in [-0.3, -0.25) is 4.57 Å². The number of thioether (sulfide) groups is 1. The molecule has 0 radical (unpaired) electrons. The third kappa shape index (κ3) is 4.57. The van der Waals surface area contributed by atoms with Gasteiger partial charge >= 0.3 is 0 Å². The Bertz CT molecular complexity index is 1240. The molecule has 4 aromatic rings. The molecule has 1 aromatic carbocycles. The van der Waals surface area contributed by atoms with Gasteiger partial charge in [-0.1, -0.05) is 30.0 Å². The third-order valence-electron chi connectivity index (χ3n) is 4.51. The van der Waals surface area contributed by atoms with Gasteiger partial charge in [-0.2, -0.15) is 15.0 Å². The van der Waals surface area contributed by atoms with Crippen LogP contribution < -0.4 is 15.8 Å². The van der Waals surface area contributed by atoms with Crippen LogP contribution in [-0.2, 0) is 12.3 Å². The van der Waals surface area contributed by atoms with E-state index in [-0.39, 0.29) is 5.95 Å². The molecule has 11 heteroatoms. The number of nitrogens with zero attached hydrogens (tertiary/aromatic N) is 6. The van der Waals surface area contributed by atoms with Crippen LogP contribution in [0.25, 0.3) is 11.4 Å². The van der Waals surface area contributed by atoms with Gasteiger partial charge in [-0.25, -0.2) is 0 Å². The number of ether oxygens (including phenoxy) is 1. The van der Waals surface area contributed by atoms with Gasteiger partial charge in [0, 0.05) is 6.54 Å². The van der Waals surface area contributed by atoms with Crippen LogP contribution in [0.2, 0.25) is 0 Å². The summed E-state index contributed by atoms with van der Waals surface area (Å²) in [5.41, 5.74) is 7.53. The number of rotatable bonds is 9. The molecule has 3 N–H and O–H groups in total. The van der Waals surface area contributed by atoms with Crippen molar-refractivity contribution in [3.8, 4) is 17.1 Å². The smallest absolute Gasteiger partial charge is 0.232 e. The highest BCUT2D eigenvalue weighted by molar-refractivity contribution is 7.98. The zero-order chi connectivity index (χ0) is 22.5. The largest absolute Gasteiger partial charge is 0.495 e. The first-order valence-corrected chi connectivity index (χ1v) is 10.7. The van der Waals surface area contributed by atoms with E-state index in [1.54, 1.807) is 19.4 Å². The number of nitrogens with two attached hydrogens (primary N) is 1. The van der Waals surface area contributed by atoms with Crippen molar-refractivity contribution in [2.45, 2.75) is 24.4 Å². The normalized spacial score (nSPS) is 10.8. The van der Waals surface area contributed by atoms with Crippen LogP contribution >= 0.6 is 11.8 Å². The minimum Gasteiger partial charge on any atom is -0.495 e. The Balaban J connectivity index is 1.55. The lowest BCUT2D eigenvalue weighted by molar-refractivity contribution is 0.417. The maximum atomic E-state index is 5.92. The standard InChI is InChI=1S/C21H22N8O2S/c1-4-10-29-18(14-9-11-31-13(14)2)27-28-21(29)32-12-17-24-19(22)26-20(25-17)23-15-7-5-6-8-16(15)30-3/h4-9,11H,1,10,12H2,2-3H3,(H3,22,23,24,25,26). The molecule has 0 unspecified atom stereocenters. The summed E-state index contributed by atoms with van der Waals surface area (Å²) >= 11 is 1.45. The minimum absolute atomic E-state index is 0.121. The van der Waals surface area contributed by atoms with Crippen molar-refractivity contribution in [1.82, 2.24) is 29.7 Å². The molecule has 3 aromatic heterocycles. The van der Waals surface area contributed by atoms with E-state index in [2.05, 4.69) is 37.0 Å². The van der Waals surface area contributed by atoms with Crippen molar-refractivity contribution in [3.63, 3.8) is 0 Å². The SMILES string of the molecule is C=CCn1c(SCc2nc(N)nc(Nc3ccccc3OC)n2)nnc1-c1ccoc1C. The molecular formula is C21H22N8O2S. The number of methoxy groups -OCH3 is 1. The number of nitrogen functional groups attached to an aromatic ring is 1. The molecule has 0 fully saturated rings. The van der Waals surface area contributed by atoms with Crippen LogP contribution in [0.4, 0.5) is 17.6 Å². The summed E-state index contributed by atoms with van der Waals surface area (Å²) < 4.78 is 12.7. The van der Waals surface area contributed by atoms with Crippen LogP contribution in [0.5, 0.6) is 5.75 Å². The molecule has 164 valence electrons. The molecule has 0 aliphatic rings. The minimum atomic E-state index is 0.121. The first-order chi connectivity index (χ1) is 15.6. The molecule has 0 atom stereocenters. The van der Waals surface area contributed by atoms with E-state index in [0.29, 0.717) is 40.8 Å². The number of furan rings is 1. The van der Waals surface area contributed by atoms with Crippen LogP contribution in [0.1, 0.15) is 11.6 Å². The van der Waals surface area contributed by atoms with E-state index >= 15 is 0 Å². The van der Waals surface area contributed by atoms with E-state index in [9.17, 15) is 0 Å². The molecule has 0 saturated carbocycles. The summed E-state index contributed by atoms with van der Waals surface area (Å²) in [4.78, 5) is 12.9. The number of benzene rings is 1. The molecule has 3 heterocycles. The van der Waals surface area contributed by atoms with Crippen LogP contribution in [-0.4, -0.2) is 36.8 Å². The zero-order valence-electron chi connectivity index (χ0n) is 17.6. The fourth-order valence-corrected chi connectivity index (χ4v) is 3.86. The third-order valence-corrected chi connectivity index (χ3v) is 5.47. The molecule has 4 rings (SSSR count). The summed E-state index contributed by atoms with van der Waals surface area (Å²) in [6, 6.07) is 9.35. The van der Waals surface area contributed by atoms with Crippen molar-refractivity contribution in [3.05, 3.63) is 60.8 Å². The highest BCUT2D eigenvalue weighted by Gasteiger charge is 2.17. The second kappa shape index (κ2) is 9.52. The van der Waals surface area contributed by atoms with Gasteiger partial charge in [0.25, 0.3) is 0 Å². The lowest BCUT2D eigenvalue weighted by atomic mass is 10.2. The van der Waals surface area contributed by atoms with E-state index in [0.717, 1.165) is 17.0 Å². The molecule has 0 aliphatic heterocycles. The summed E-state index contributed by atoms with van der Waals surface area (Å²) in [6.07, 6.45) is 3.43. The highest BCUT2D eigenvalue weighted by atomic mass is 32.2. The van der Waals surface area contributed by atoms with Gasteiger partial charge < -0.3 is 20.2 Å². The predicted molar refractivity (Wildman–Crippen MR) is 123 cm³/mol. The van der Waals surface area contributed by atoms with Crippen molar-refractivity contribution in [2.24, 2.45) is 0 Å². The maximum absolute atomic E-state index is 5.92. The van der Waals surface area contributed by atoms with Crippen LogP contribution in [0.15, 0.2) is 58.8 Å². The Morgan fingerprint density at radius 3 is 2.81 bits per heavy atom. The molecular weight excluding hydrogens is 428 g/mol. The molecule has 0 aliphatic carbocycles. The number of anilines is 3. The first kappa shape index (κ1) is 21.4. The highest BCUT2D eigenvalue weighted by Crippen LogP contribution is 2.29. The van der Waals surface area contributed by atoms with Gasteiger partial charge in [0.2, 0.25) is 11.9 Å². The monoisotopic (exact) mass is 450 g/mol. The van der Waals surface area contributed by atoms with Gasteiger partial charge in [0.1, 0.15) is 17.3 Å². The lowest BCUT2D eigenvalue weighted by Gasteiger charge is -2.11.